The summed E-state index contributed by atoms with van der Waals surface area (Å²) in [5, 5.41) is 9.12. The van der Waals surface area contributed by atoms with Crippen LogP contribution in [0.15, 0.2) is 10.6 Å². The van der Waals surface area contributed by atoms with Gasteiger partial charge in [0.05, 0.1) is 11.5 Å². The average Bonchev–Trinajstić information content (AvgIpc) is 2.83. The Morgan fingerprint density at radius 2 is 2.00 bits per heavy atom. The molecule has 1 heterocycles. The summed E-state index contributed by atoms with van der Waals surface area (Å²) in [6.07, 6.45) is 4.54. The molecule has 0 saturated carbocycles. The van der Waals surface area contributed by atoms with Crippen molar-refractivity contribution < 1.29 is 14.1 Å². The van der Waals surface area contributed by atoms with Crippen LogP contribution in [0.4, 0.5) is 5.82 Å². The number of carbonyl (C=O) groups is 2. The van der Waals surface area contributed by atoms with Crippen LogP contribution in [0.3, 0.4) is 0 Å². The molecule has 0 fully saturated rings. The lowest BCUT2D eigenvalue weighted by Crippen LogP contribution is -2.27. The predicted molar refractivity (Wildman–Crippen MR) is 84.3 cm³/mol. The minimum Gasteiger partial charge on any atom is -0.360 e. The molecule has 1 aromatic heterocycles. The van der Waals surface area contributed by atoms with Gasteiger partial charge >= 0.3 is 0 Å². The Morgan fingerprint density at radius 3 is 2.67 bits per heavy atom. The number of nitrogens with one attached hydrogen (secondary N) is 2. The second-order valence-corrected chi connectivity index (χ2v) is 5.76. The van der Waals surface area contributed by atoms with Crippen molar-refractivity contribution >= 4 is 29.4 Å². The molecular weight excluding hydrogens is 290 g/mol. The molecule has 0 aliphatic rings. The molecule has 6 nitrogen and oxygen atoms in total. The molecular formula is C14H23N3O3S. The number of unbranched alkanes of at least 4 members (excludes halogenated alkanes) is 3. The normalized spacial score (nSPS) is 10.4. The average molecular weight is 313 g/mol. The fraction of sp³-hybridized carbons (Fsp3) is 0.643. The Bertz CT molecular complexity index is 448. The van der Waals surface area contributed by atoms with E-state index in [9.17, 15) is 9.59 Å². The van der Waals surface area contributed by atoms with Gasteiger partial charge in [0.2, 0.25) is 11.8 Å². The van der Waals surface area contributed by atoms with Crippen LogP contribution in [0.2, 0.25) is 0 Å². The monoisotopic (exact) mass is 313 g/mol. The summed E-state index contributed by atoms with van der Waals surface area (Å²) in [5.41, 5.74) is 0. The largest absolute Gasteiger partial charge is 0.360 e. The molecule has 0 radical (unpaired) electrons. The summed E-state index contributed by atoms with van der Waals surface area (Å²) in [5.74, 6) is 1.33. The lowest BCUT2D eigenvalue weighted by molar-refractivity contribution is -0.118. The van der Waals surface area contributed by atoms with E-state index >= 15 is 0 Å². The molecule has 2 N–H and O–H groups in total. The Kier molecular flexibility index (Phi) is 8.57. The molecule has 0 aliphatic heterocycles. The molecule has 118 valence electrons. The van der Waals surface area contributed by atoms with Crippen LogP contribution in [0, 0.1) is 6.92 Å². The minimum atomic E-state index is -0.191. The molecule has 0 aromatic carbocycles. The standard InChI is InChI=1S/C14H23N3O3S/c1-3-4-5-6-7-15-13(18)9-21-10-14(19)16-12-8-11(2)20-17-12/h8H,3-7,9-10H2,1-2H3,(H,15,18)(H,16,17,19). The summed E-state index contributed by atoms with van der Waals surface area (Å²) in [4.78, 5) is 23.1. The lowest BCUT2D eigenvalue weighted by atomic mass is 10.2. The van der Waals surface area contributed by atoms with E-state index in [1.54, 1.807) is 13.0 Å². The number of thioether (sulfide) groups is 1. The summed E-state index contributed by atoms with van der Waals surface area (Å²) >= 11 is 1.28. The molecule has 0 spiro atoms. The van der Waals surface area contributed by atoms with Crippen LogP contribution >= 0.6 is 11.8 Å². The van der Waals surface area contributed by atoms with Crippen LogP contribution in [-0.4, -0.2) is 35.0 Å². The zero-order valence-electron chi connectivity index (χ0n) is 12.6. The molecule has 0 saturated heterocycles. The van der Waals surface area contributed by atoms with Crippen LogP contribution in [0.5, 0.6) is 0 Å². The number of aromatic nitrogens is 1. The maximum Gasteiger partial charge on any atom is 0.235 e. The second kappa shape index (κ2) is 10.3. The third kappa shape index (κ3) is 8.39. The molecule has 1 rings (SSSR count). The fourth-order valence-corrected chi connectivity index (χ4v) is 2.32. The zero-order chi connectivity index (χ0) is 15.5. The van der Waals surface area contributed by atoms with E-state index in [0.29, 0.717) is 23.9 Å². The third-order valence-electron chi connectivity index (χ3n) is 2.71. The van der Waals surface area contributed by atoms with E-state index in [1.807, 2.05) is 0 Å². The van der Waals surface area contributed by atoms with Crippen molar-refractivity contribution in [2.24, 2.45) is 0 Å². The first kappa shape index (κ1) is 17.6. The molecule has 2 amide bonds. The van der Waals surface area contributed by atoms with Crippen LogP contribution in [0.25, 0.3) is 0 Å². The highest BCUT2D eigenvalue weighted by Gasteiger charge is 2.08. The van der Waals surface area contributed by atoms with Crippen molar-refractivity contribution in [3.63, 3.8) is 0 Å². The van der Waals surface area contributed by atoms with Crippen molar-refractivity contribution in [1.82, 2.24) is 10.5 Å². The number of rotatable bonds is 10. The van der Waals surface area contributed by atoms with E-state index in [1.165, 1.54) is 24.6 Å². The maximum atomic E-state index is 11.6. The van der Waals surface area contributed by atoms with E-state index in [0.717, 1.165) is 12.8 Å². The van der Waals surface area contributed by atoms with Crippen molar-refractivity contribution in [1.29, 1.82) is 0 Å². The number of hydrogen-bond acceptors (Lipinski definition) is 5. The van der Waals surface area contributed by atoms with Gasteiger partial charge in [-0.1, -0.05) is 31.3 Å². The van der Waals surface area contributed by atoms with Crippen molar-refractivity contribution in [2.45, 2.75) is 39.5 Å². The van der Waals surface area contributed by atoms with E-state index in [-0.39, 0.29) is 17.6 Å². The van der Waals surface area contributed by atoms with Crippen molar-refractivity contribution in [3.05, 3.63) is 11.8 Å². The zero-order valence-corrected chi connectivity index (χ0v) is 13.4. The number of amides is 2. The Morgan fingerprint density at radius 1 is 1.24 bits per heavy atom. The highest BCUT2D eigenvalue weighted by Crippen LogP contribution is 2.08. The van der Waals surface area contributed by atoms with Gasteiger partial charge in [0.25, 0.3) is 0 Å². The van der Waals surface area contributed by atoms with Gasteiger partial charge in [-0.3, -0.25) is 9.59 Å². The molecule has 0 atom stereocenters. The fourth-order valence-electron chi connectivity index (χ4n) is 1.67. The number of nitrogens with zero attached hydrogens (tertiary/aromatic N) is 1. The van der Waals surface area contributed by atoms with Crippen LogP contribution < -0.4 is 10.6 Å². The first-order chi connectivity index (χ1) is 10.1. The van der Waals surface area contributed by atoms with Gasteiger partial charge in [-0.25, -0.2) is 0 Å². The van der Waals surface area contributed by atoms with Crippen LogP contribution in [0.1, 0.15) is 38.4 Å². The van der Waals surface area contributed by atoms with E-state index < -0.39 is 0 Å². The van der Waals surface area contributed by atoms with Crippen molar-refractivity contribution in [3.8, 4) is 0 Å². The molecule has 0 unspecified atom stereocenters. The molecule has 1 aromatic rings. The van der Waals surface area contributed by atoms with Gasteiger partial charge in [-0.15, -0.1) is 11.8 Å². The minimum absolute atomic E-state index is 0.0263. The van der Waals surface area contributed by atoms with Crippen molar-refractivity contribution in [2.75, 3.05) is 23.4 Å². The number of hydrogen-bond donors (Lipinski definition) is 2. The summed E-state index contributed by atoms with van der Waals surface area (Å²) < 4.78 is 4.84. The van der Waals surface area contributed by atoms with Gasteiger partial charge < -0.3 is 15.2 Å². The molecule has 0 bridgehead atoms. The molecule has 21 heavy (non-hydrogen) atoms. The van der Waals surface area contributed by atoms with Gasteiger partial charge in [-0.2, -0.15) is 0 Å². The second-order valence-electron chi connectivity index (χ2n) is 4.77. The summed E-state index contributed by atoms with van der Waals surface area (Å²) in [6.45, 7) is 4.62. The van der Waals surface area contributed by atoms with Gasteiger partial charge in [-0.05, 0) is 13.3 Å². The summed E-state index contributed by atoms with van der Waals surface area (Å²) in [7, 11) is 0. The van der Waals surface area contributed by atoms with E-state index in [4.69, 9.17) is 4.52 Å². The number of aryl methyl sites for hydroxylation is 1. The number of carbonyl (C=O) groups excluding carboxylic acids is 2. The predicted octanol–water partition coefficient (Wildman–Crippen LogP) is 2.35. The summed E-state index contributed by atoms with van der Waals surface area (Å²) in [6, 6.07) is 1.64. The molecule has 0 aliphatic carbocycles. The van der Waals surface area contributed by atoms with Gasteiger partial charge in [0.1, 0.15) is 5.76 Å². The quantitative estimate of drug-likeness (QED) is 0.648. The topological polar surface area (TPSA) is 84.2 Å². The molecule has 7 heteroatoms. The van der Waals surface area contributed by atoms with E-state index in [2.05, 4.69) is 22.7 Å². The Balaban J connectivity index is 2.04. The highest BCUT2D eigenvalue weighted by molar-refractivity contribution is 8.00. The SMILES string of the molecule is CCCCCCNC(=O)CSCC(=O)Nc1cc(C)on1. The third-order valence-corrected chi connectivity index (χ3v) is 3.65. The highest BCUT2D eigenvalue weighted by atomic mass is 32.2. The Hall–Kier alpha value is -1.50. The first-order valence-corrected chi connectivity index (χ1v) is 8.35. The van der Waals surface area contributed by atoms with Crippen LogP contribution in [-0.2, 0) is 9.59 Å². The smallest absolute Gasteiger partial charge is 0.235 e. The van der Waals surface area contributed by atoms with Gasteiger partial charge in [0.15, 0.2) is 5.82 Å². The maximum absolute atomic E-state index is 11.6. The van der Waals surface area contributed by atoms with Gasteiger partial charge in [0, 0.05) is 12.6 Å². The first-order valence-electron chi connectivity index (χ1n) is 7.19. The number of anilines is 1. The Labute approximate surface area is 129 Å². The lowest BCUT2D eigenvalue weighted by Gasteiger charge is -2.05.